The van der Waals surface area contributed by atoms with Gasteiger partial charge in [-0.1, -0.05) is 36.8 Å². The van der Waals surface area contributed by atoms with Crippen LogP contribution in [-0.4, -0.2) is 27.9 Å². The molecule has 3 atom stereocenters. The van der Waals surface area contributed by atoms with Crippen molar-refractivity contribution in [1.82, 2.24) is 15.2 Å². The lowest BCUT2D eigenvalue weighted by Crippen LogP contribution is -2.40. The zero-order chi connectivity index (χ0) is 18.1. The van der Waals surface area contributed by atoms with Crippen molar-refractivity contribution in [3.8, 4) is 11.3 Å². The summed E-state index contributed by atoms with van der Waals surface area (Å²) in [5, 5.41) is 19.2. The molecule has 0 saturated carbocycles. The molecule has 6 nitrogen and oxygen atoms in total. The molecule has 1 aromatic carbocycles. The monoisotopic (exact) mass is 350 g/mol. The number of rotatable bonds is 3. The molecule has 0 amide bonds. The zero-order valence-corrected chi connectivity index (χ0v) is 15.6. The number of nitrogens with one attached hydrogen (secondary N) is 3. The van der Waals surface area contributed by atoms with Crippen molar-refractivity contribution in [2.75, 3.05) is 22.5 Å². The summed E-state index contributed by atoms with van der Waals surface area (Å²) in [6, 6.07) is 8.26. The van der Waals surface area contributed by atoms with E-state index in [-0.39, 0.29) is 6.17 Å². The number of anilines is 3. The first kappa shape index (κ1) is 16.8. The molecule has 2 aromatic rings. The average molecular weight is 350 g/mol. The van der Waals surface area contributed by atoms with Crippen molar-refractivity contribution in [1.29, 1.82) is 0 Å². The van der Waals surface area contributed by atoms with Crippen LogP contribution in [-0.2, 0) is 0 Å². The van der Waals surface area contributed by atoms with Gasteiger partial charge in [0.05, 0.1) is 0 Å². The summed E-state index contributed by atoms with van der Waals surface area (Å²) in [6.07, 6.45) is 4.67. The molecular weight excluding hydrogens is 324 g/mol. The van der Waals surface area contributed by atoms with E-state index in [0.29, 0.717) is 17.8 Å². The Morgan fingerprint density at radius 1 is 1.19 bits per heavy atom. The second-order valence-electron chi connectivity index (χ2n) is 7.31. The van der Waals surface area contributed by atoms with Crippen molar-refractivity contribution in [3.63, 3.8) is 0 Å². The molecule has 1 aromatic heterocycles. The largest absolute Gasteiger partial charge is 0.365 e. The van der Waals surface area contributed by atoms with Gasteiger partial charge in [-0.2, -0.15) is 4.98 Å². The molecule has 0 bridgehead atoms. The van der Waals surface area contributed by atoms with Gasteiger partial charge in [-0.05, 0) is 38.7 Å². The van der Waals surface area contributed by atoms with Crippen molar-refractivity contribution < 1.29 is 0 Å². The first-order valence-corrected chi connectivity index (χ1v) is 9.42. The predicted octanol–water partition coefficient (Wildman–Crippen LogP) is 4.13. The maximum atomic E-state index is 4.70. The van der Waals surface area contributed by atoms with Gasteiger partial charge in [0.25, 0.3) is 0 Å². The van der Waals surface area contributed by atoms with Crippen molar-refractivity contribution in [3.05, 3.63) is 35.9 Å². The minimum Gasteiger partial charge on any atom is -0.365 e. The van der Waals surface area contributed by atoms with Crippen LogP contribution in [0.2, 0.25) is 0 Å². The van der Waals surface area contributed by atoms with Crippen LogP contribution in [0.5, 0.6) is 0 Å². The van der Waals surface area contributed by atoms with Crippen molar-refractivity contribution in [2.24, 2.45) is 11.8 Å². The smallest absolute Gasteiger partial charge is 0.244 e. The third kappa shape index (κ3) is 3.11. The zero-order valence-electron chi connectivity index (χ0n) is 15.6. The van der Waals surface area contributed by atoms with E-state index in [9.17, 15) is 0 Å². The minimum atomic E-state index is 0.0999. The quantitative estimate of drug-likeness (QED) is 0.723. The van der Waals surface area contributed by atoms with Gasteiger partial charge in [-0.25, -0.2) is 0 Å². The Bertz CT molecular complexity index is 831. The second-order valence-corrected chi connectivity index (χ2v) is 7.31. The fourth-order valence-electron chi connectivity index (χ4n) is 4.00. The summed E-state index contributed by atoms with van der Waals surface area (Å²) in [6.45, 7) is 7.36. The number of benzene rings is 1. The Labute approximate surface area is 154 Å². The summed E-state index contributed by atoms with van der Waals surface area (Å²) >= 11 is 0. The van der Waals surface area contributed by atoms with Crippen LogP contribution in [0.4, 0.5) is 17.5 Å². The molecule has 26 heavy (non-hydrogen) atoms. The van der Waals surface area contributed by atoms with Gasteiger partial charge < -0.3 is 16.0 Å². The normalized spacial score (nSPS) is 24.3. The highest BCUT2D eigenvalue weighted by atomic mass is 15.3. The van der Waals surface area contributed by atoms with E-state index in [1.165, 1.54) is 5.57 Å². The Hall–Kier alpha value is -2.63. The van der Waals surface area contributed by atoms with Crippen LogP contribution in [0.3, 0.4) is 0 Å². The SMILES string of the molecule is CCNc1nnc2c(n1)NC(C1CC=C(C)CC1C)Nc1ccccc1-2. The van der Waals surface area contributed by atoms with E-state index in [2.05, 4.69) is 64.3 Å². The number of para-hydroxylation sites is 1. The highest BCUT2D eigenvalue weighted by Gasteiger charge is 2.32. The van der Waals surface area contributed by atoms with Gasteiger partial charge >= 0.3 is 0 Å². The molecule has 1 aliphatic heterocycles. The second kappa shape index (κ2) is 6.94. The Morgan fingerprint density at radius 2 is 2.04 bits per heavy atom. The first-order chi connectivity index (χ1) is 12.7. The van der Waals surface area contributed by atoms with E-state index in [0.717, 1.165) is 42.1 Å². The fraction of sp³-hybridized carbons (Fsp3) is 0.450. The Kier molecular flexibility index (Phi) is 4.49. The lowest BCUT2D eigenvalue weighted by Gasteiger charge is -2.35. The molecule has 136 valence electrons. The summed E-state index contributed by atoms with van der Waals surface area (Å²) in [5.74, 6) is 2.43. The van der Waals surface area contributed by atoms with E-state index < -0.39 is 0 Å². The van der Waals surface area contributed by atoms with Crippen LogP contribution in [0, 0.1) is 11.8 Å². The van der Waals surface area contributed by atoms with Crippen LogP contribution >= 0.6 is 0 Å². The number of allylic oxidation sites excluding steroid dienone is 2. The standard InChI is InChI=1S/C20H26N6/c1-4-21-20-24-19-17(25-26-20)15-7-5-6-8-16(15)22-18(23-19)14-10-9-12(2)11-13(14)3/h5-9,13-14,18,22H,4,10-11H2,1-3H3,(H2,21,23,24,26). The summed E-state index contributed by atoms with van der Waals surface area (Å²) < 4.78 is 0. The van der Waals surface area contributed by atoms with Crippen molar-refractivity contribution >= 4 is 17.5 Å². The molecule has 3 unspecified atom stereocenters. The summed E-state index contributed by atoms with van der Waals surface area (Å²) in [5.41, 5.74) is 4.40. The van der Waals surface area contributed by atoms with Crippen LogP contribution < -0.4 is 16.0 Å². The number of hydrogen-bond donors (Lipinski definition) is 3. The minimum absolute atomic E-state index is 0.0999. The van der Waals surface area contributed by atoms with Gasteiger partial charge in [-0.15, -0.1) is 10.2 Å². The molecule has 2 aliphatic rings. The highest BCUT2D eigenvalue weighted by molar-refractivity contribution is 5.84. The van der Waals surface area contributed by atoms with E-state index in [1.54, 1.807) is 0 Å². The summed E-state index contributed by atoms with van der Waals surface area (Å²) in [7, 11) is 0. The van der Waals surface area contributed by atoms with Gasteiger partial charge in [0.2, 0.25) is 5.95 Å². The first-order valence-electron chi connectivity index (χ1n) is 9.42. The lowest BCUT2D eigenvalue weighted by molar-refractivity contribution is 0.314. The van der Waals surface area contributed by atoms with Crippen molar-refractivity contribution in [2.45, 2.75) is 39.8 Å². The molecule has 4 rings (SSSR count). The van der Waals surface area contributed by atoms with Crippen LogP contribution in [0.25, 0.3) is 11.3 Å². The molecule has 2 heterocycles. The molecule has 0 saturated heterocycles. The predicted molar refractivity (Wildman–Crippen MR) is 106 cm³/mol. The average Bonchev–Trinajstić information content (AvgIpc) is 2.78. The number of hydrogen-bond acceptors (Lipinski definition) is 6. The molecule has 6 heteroatoms. The highest BCUT2D eigenvalue weighted by Crippen LogP contribution is 2.39. The van der Waals surface area contributed by atoms with Gasteiger partial charge in [0.15, 0.2) is 5.82 Å². The third-order valence-electron chi connectivity index (χ3n) is 5.35. The molecular formula is C20H26N6. The lowest BCUT2D eigenvalue weighted by atomic mass is 9.79. The molecule has 0 radical (unpaired) electrons. The number of fused-ring (bicyclic) bond motifs is 3. The van der Waals surface area contributed by atoms with Gasteiger partial charge in [-0.3, -0.25) is 0 Å². The third-order valence-corrected chi connectivity index (χ3v) is 5.35. The fourth-order valence-corrected chi connectivity index (χ4v) is 4.00. The van der Waals surface area contributed by atoms with Crippen LogP contribution in [0.15, 0.2) is 35.9 Å². The van der Waals surface area contributed by atoms with E-state index in [4.69, 9.17) is 4.98 Å². The van der Waals surface area contributed by atoms with E-state index >= 15 is 0 Å². The van der Waals surface area contributed by atoms with E-state index in [1.807, 2.05) is 13.0 Å². The molecule has 3 N–H and O–H groups in total. The van der Waals surface area contributed by atoms with Crippen LogP contribution in [0.1, 0.15) is 33.6 Å². The molecule has 0 fully saturated rings. The maximum absolute atomic E-state index is 4.70. The number of aromatic nitrogens is 3. The molecule has 0 spiro atoms. The maximum Gasteiger partial charge on any atom is 0.244 e. The van der Waals surface area contributed by atoms with Gasteiger partial charge in [0, 0.05) is 23.7 Å². The summed E-state index contributed by atoms with van der Waals surface area (Å²) in [4.78, 5) is 4.70. The number of nitrogens with zero attached hydrogens (tertiary/aromatic N) is 3. The van der Waals surface area contributed by atoms with Gasteiger partial charge in [0.1, 0.15) is 11.9 Å². The Morgan fingerprint density at radius 3 is 2.85 bits per heavy atom. The Balaban J connectivity index is 1.75. The molecule has 1 aliphatic carbocycles. The topological polar surface area (TPSA) is 74.8 Å².